The molecule has 2 rings (SSSR count). The van der Waals surface area contributed by atoms with Crippen LogP contribution in [0.5, 0.6) is 0 Å². The molecule has 3 N–H and O–H groups in total. The second-order valence-corrected chi connectivity index (χ2v) is 4.62. The number of rotatable bonds is 5. The average molecular weight is 212 g/mol. The zero-order valence-electron chi connectivity index (χ0n) is 9.08. The highest BCUT2D eigenvalue weighted by atomic mass is 16.5. The van der Waals surface area contributed by atoms with Gasteiger partial charge in [0.15, 0.2) is 0 Å². The first-order valence-electron chi connectivity index (χ1n) is 5.90. The van der Waals surface area contributed by atoms with E-state index in [1.807, 2.05) is 0 Å². The molecular formula is C11H20N2O2. The van der Waals surface area contributed by atoms with E-state index in [-0.39, 0.29) is 18.6 Å². The second kappa shape index (κ2) is 4.94. The van der Waals surface area contributed by atoms with Gasteiger partial charge in [0.25, 0.3) is 0 Å². The fourth-order valence-electron chi connectivity index (χ4n) is 2.17. The monoisotopic (exact) mass is 212 g/mol. The van der Waals surface area contributed by atoms with Crippen LogP contribution in [0.3, 0.4) is 0 Å². The molecule has 0 aromatic carbocycles. The van der Waals surface area contributed by atoms with Gasteiger partial charge in [0, 0.05) is 6.04 Å². The highest BCUT2D eigenvalue weighted by Gasteiger charge is 2.28. The number of hydrogen-bond acceptors (Lipinski definition) is 3. The van der Waals surface area contributed by atoms with Gasteiger partial charge in [0.05, 0.1) is 6.10 Å². The third-order valence-corrected chi connectivity index (χ3v) is 3.26. The van der Waals surface area contributed by atoms with Crippen molar-refractivity contribution in [1.82, 2.24) is 5.32 Å². The van der Waals surface area contributed by atoms with Gasteiger partial charge in [0.1, 0.15) is 6.61 Å². The van der Waals surface area contributed by atoms with Gasteiger partial charge in [-0.05, 0) is 38.1 Å². The maximum Gasteiger partial charge on any atom is 0.246 e. The van der Waals surface area contributed by atoms with Crippen molar-refractivity contribution in [2.45, 2.75) is 44.2 Å². The third kappa shape index (κ3) is 3.18. The van der Waals surface area contributed by atoms with Crippen molar-refractivity contribution in [3.05, 3.63) is 0 Å². The van der Waals surface area contributed by atoms with Crippen molar-refractivity contribution in [3.63, 3.8) is 0 Å². The molecule has 15 heavy (non-hydrogen) atoms. The molecule has 0 saturated heterocycles. The quantitative estimate of drug-likeness (QED) is 0.693. The van der Waals surface area contributed by atoms with Gasteiger partial charge >= 0.3 is 0 Å². The van der Waals surface area contributed by atoms with E-state index in [1.54, 1.807) is 0 Å². The van der Waals surface area contributed by atoms with E-state index in [1.165, 1.54) is 6.42 Å². The summed E-state index contributed by atoms with van der Waals surface area (Å²) >= 11 is 0. The number of carbonyl (C=O) groups excluding carboxylic acids is 1. The molecule has 0 radical (unpaired) electrons. The van der Waals surface area contributed by atoms with E-state index < -0.39 is 0 Å². The summed E-state index contributed by atoms with van der Waals surface area (Å²) in [5.74, 6) is 0.485. The van der Waals surface area contributed by atoms with Crippen LogP contribution in [0.2, 0.25) is 0 Å². The standard InChI is InChI=1S/C11H20N2O2/c12-6-8-2-1-3-10(8)15-7-11(14)13-9-4-5-9/h8-10H,1-7,12H2,(H,13,14). The van der Waals surface area contributed by atoms with Crippen LogP contribution in [0.15, 0.2) is 0 Å². The minimum absolute atomic E-state index is 0.0279. The lowest BCUT2D eigenvalue weighted by Gasteiger charge is -2.18. The Hall–Kier alpha value is -0.610. The Morgan fingerprint density at radius 1 is 1.33 bits per heavy atom. The normalized spacial score (nSPS) is 30.5. The van der Waals surface area contributed by atoms with E-state index >= 15 is 0 Å². The molecule has 2 saturated carbocycles. The molecule has 2 aliphatic rings. The lowest BCUT2D eigenvalue weighted by atomic mass is 10.1. The third-order valence-electron chi connectivity index (χ3n) is 3.26. The molecule has 2 atom stereocenters. The van der Waals surface area contributed by atoms with Gasteiger partial charge in [0.2, 0.25) is 5.91 Å². The summed E-state index contributed by atoms with van der Waals surface area (Å²) in [5.41, 5.74) is 5.64. The Labute approximate surface area is 90.5 Å². The molecule has 0 bridgehead atoms. The summed E-state index contributed by atoms with van der Waals surface area (Å²) in [7, 11) is 0. The van der Waals surface area contributed by atoms with E-state index in [0.717, 1.165) is 25.7 Å². The minimum Gasteiger partial charge on any atom is -0.368 e. The van der Waals surface area contributed by atoms with Crippen molar-refractivity contribution in [2.75, 3.05) is 13.2 Å². The lowest BCUT2D eigenvalue weighted by Crippen LogP contribution is -2.33. The van der Waals surface area contributed by atoms with Crippen LogP contribution >= 0.6 is 0 Å². The highest BCUT2D eigenvalue weighted by molar-refractivity contribution is 5.77. The maximum absolute atomic E-state index is 11.4. The molecule has 86 valence electrons. The molecule has 0 aliphatic heterocycles. The first kappa shape index (κ1) is 10.9. The molecule has 4 heteroatoms. The second-order valence-electron chi connectivity index (χ2n) is 4.62. The van der Waals surface area contributed by atoms with Crippen LogP contribution in [0, 0.1) is 5.92 Å². The zero-order chi connectivity index (χ0) is 10.7. The summed E-state index contributed by atoms with van der Waals surface area (Å²) in [5, 5.41) is 2.92. The van der Waals surface area contributed by atoms with Crippen LogP contribution in [-0.4, -0.2) is 31.2 Å². The summed E-state index contributed by atoms with van der Waals surface area (Å²) in [6.45, 7) is 0.882. The average Bonchev–Trinajstić information content (AvgIpc) is 2.92. The number of amides is 1. The zero-order valence-corrected chi connectivity index (χ0v) is 9.08. The SMILES string of the molecule is NCC1CCCC1OCC(=O)NC1CC1. The van der Waals surface area contributed by atoms with Gasteiger partial charge in [-0.2, -0.15) is 0 Å². The van der Waals surface area contributed by atoms with Gasteiger partial charge in [-0.15, -0.1) is 0 Å². The summed E-state index contributed by atoms with van der Waals surface area (Å²) in [4.78, 5) is 11.4. The van der Waals surface area contributed by atoms with Crippen molar-refractivity contribution in [1.29, 1.82) is 0 Å². The van der Waals surface area contributed by atoms with Gasteiger partial charge in [-0.1, -0.05) is 6.42 Å². The van der Waals surface area contributed by atoms with Crippen LogP contribution in [-0.2, 0) is 9.53 Å². The van der Waals surface area contributed by atoms with E-state index in [2.05, 4.69) is 5.32 Å². The molecule has 2 aliphatic carbocycles. The number of nitrogens with one attached hydrogen (secondary N) is 1. The Morgan fingerprint density at radius 2 is 2.13 bits per heavy atom. The summed E-state index contributed by atoms with van der Waals surface area (Å²) in [6, 6.07) is 0.426. The topological polar surface area (TPSA) is 64.3 Å². The number of ether oxygens (including phenoxy) is 1. The molecule has 0 heterocycles. The van der Waals surface area contributed by atoms with E-state index in [4.69, 9.17) is 10.5 Å². The van der Waals surface area contributed by atoms with Gasteiger partial charge in [-0.25, -0.2) is 0 Å². The van der Waals surface area contributed by atoms with Crippen LogP contribution in [0.4, 0.5) is 0 Å². The molecule has 0 aromatic rings. The molecule has 1 amide bonds. The highest BCUT2D eigenvalue weighted by Crippen LogP contribution is 2.27. The minimum atomic E-state index is 0.0279. The van der Waals surface area contributed by atoms with E-state index in [9.17, 15) is 4.79 Å². The van der Waals surface area contributed by atoms with Gasteiger partial charge < -0.3 is 15.8 Å². The number of nitrogens with two attached hydrogens (primary N) is 1. The molecular weight excluding hydrogens is 192 g/mol. The van der Waals surface area contributed by atoms with Crippen molar-refractivity contribution in [3.8, 4) is 0 Å². The first-order chi connectivity index (χ1) is 7.29. The first-order valence-corrected chi connectivity index (χ1v) is 5.90. The largest absolute Gasteiger partial charge is 0.368 e. The van der Waals surface area contributed by atoms with Crippen LogP contribution in [0.25, 0.3) is 0 Å². The van der Waals surface area contributed by atoms with Crippen molar-refractivity contribution < 1.29 is 9.53 Å². The van der Waals surface area contributed by atoms with E-state index in [0.29, 0.717) is 18.5 Å². The Balaban J connectivity index is 1.65. The summed E-state index contributed by atoms with van der Waals surface area (Å²) in [6.07, 6.45) is 5.84. The molecule has 4 nitrogen and oxygen atoms in total. The van der Waals surface area contributed by atoms with Gasteiger partial charge in [-0.3, -0.25) is 4.79 Å². The molecule has 0 aromatic heterocycles. The predicted octanol–water partition coefficient (Wildman–Crippen LogP) is 0.409. The van der Waals surface area contributed by atoms with Crippen LogP contribution < -0.4 is 11.1 Å². The Bertz CT molecular complexity index is 229. The fraction of sp³-hybridized carbons (Fsp3) is 0.909. The molecule has 0 spiro atoms. The Morgan fingerprint density at radius 3 is 2.80 bits per heavy atom. The smallest absolute Gasteiger partial charge is 0.246 e. The lowest BCUT2D eigenvalue weighted by molar-refractivity contribution is -0.128. The number of carbonyl (C=O) groups is 1. The predicted molar refractivity (Wildman–Crippen MR) is 57.3 cm³/mol. The maximum atomic E-state index is 11.4. The summed E-state index contributed by atoms with van der Waals surface area (Å²) < 4.78 is 5.60. The Kier molecular flexibility index (Phi) is 3.59. The fourth-order valence-corrected chi connectivity index (χ4v) is 2.17. The molecule has 2 fully saturated rings. The number of hydrogen-bond donors (Lipinski definition) is 2. The van der Waals surface area contributed by atoms with Crippen molar-refractivity contribution in [2.24, 2.45) is 11.7 Å². The van der Waals surface area contributed by atoms with Crippen LogP contribution in [0.1, 0.15) is 32.1 Å². The van der Waals surface area contributed by atoms with Crippen molar-refractivity contribution >= 4 is 5.91 Å². The molecule has 2 unspecified atom stereocenters.